The van der Waals surface area contributed by atoms with Crippen LogP contribution < -0.4 is 5.32 Å². The predicted octanol–water partition coefficient (Wildman–Crippen LogP) is 2.73. The van der Waals surface area contributed by atoms with Gasteiger partial charge in [-0.1, -0.05) is 18.1 Å². The van der Waals surface area contributed by atoms with Crippen LogP contribution in [0.4, 0.5) is 13.2 Å². The lowest BCUT2D eigenvalue weighted by molar-refractivity contribution is -0.159. The maximum atomic E-state index is 12.4. The largest absolute Gasteiger partial charge is 0.471 e. The third-order valence-corrected chi connectivity index (χ3v) is 2.97. The van der Waals surface area contributed by atoms with Crippen molar-refractivity contribution in [2.45, 2.75) is 26.4 Å². The standard InChI is InChI=1S/C14H12F3N3O3/c1-3-10(21)18-12(22)9-5-4-8(6-7(9)2)11-19-13(23-20-11)14(15,16)17/h4-6H,3H2,1-2H3,(H,18,21,22). The van der Waals surface area contributed by atoms with Gasteiger partial charge in [0, 0.05) is 17.5 Å². The van der Waals surface area contributed by atoms with Gasteiger partial charge in [-0.15, -0.1) is 0 Å². The topological polar surface area (TPSA) is 85.1 Å². The summed E-state index contributed by atoms with van der Waals surface area (Å²) in [6.07, 6.45) is -4.56. The monoisotopic (exact) mass is 327 g/mol. The Balaban J connectivity index is 2.27. The highest BCUT2D eigenvalue weighted by molar-refractivity contribution is 6.05. The summed E-state index contributed by atoms with van der Waals surface area (Å²) in [4.78, 5) is 26.4. The third kappa shape index (κ3) is 3.74. The van der Waals surface area contributed by atoms with Crippen LogP contribution in [0.15, 0.2) is 22.7 Å². The Kier molecular flexibility index (Phi) is 4.48. The Hall–Kier alpha value is -2.71. The summed E-state index contributed by atoms with van der Waals surface area (Å²) in [5.41, 5.74) is 0.956. The molecule has 0 saturated carbocycles. The van der Waals surface area contributed by atoms with E-state index in [1.807, 2.05) is 0 Å². The number of nitrogens with zero attached hydrogens (tertiary/aromatic N) is 2. The third-order valence-electron chi connectivity index (χ3n) is 2.97. The quantitative estimate of drug-likeness (QED) is 0.937. The minimum absolute atomic E-state index is 0.159. The smallest absolute Gasteiger partial charge is 0.329 e. The van der Waals surface area contributed by atoms with Gasteiger partial charge in [0.2, 0.25) is 11.7 Å². The summed E-state index contributed by atoms with van der Waals surface area (Å²) >= 11 is 0. The second kappa shape index (κ2) is 6.19. The minimum Gasteiger partial charge on any atom is -0.329 e. The fraction of sp³-hybridized carbons (Fsp3) is 0.286. The van der Waals surface area contributed by atoms with Crippen LogP contribution in [-0.2, 0) is 11.0 Å². The molecule has 2 aromatic rings. The average molecular weight is 327 g/mol. The summed E-state index contributed by atoms with van der Waals surface area (Å²) in [6, 6.07) is 4.20. The molecule has 2 rings (SSSR count). The zero-order valence-electron chi connectivity index (χ0n) is 12.2. The maximum absolute atomic E-state index is 12.4. The van der Waals surface area contributed by atoms with Crippen LogP contribution in [0, 0.1) is 6.92 Å². The molecule has 0 fully saturated rings. The lowest BCUT2D eigenvalue weighted by Crippen LogP contribution is -2.30. The van der Waals surface area contributed by atoms with Crippen molar-refractivity contribution in [3.8, 4) is 11.4 Å². The van der Waals surface area contributed by atoms with Crippen molar-refractivity contribution in [3.63, 3.8) is 0 Å². The number of aryl methyl sites for hydroxylation is 1. The number of carbonyl (C=O) groups excluding carboxylic acids is 2. The van der Waals surface area contributed by atoms with Gasteiger partial charge < -0.3 is 4.52 Å². The number of hydrogen-bond acceptors (Lipinski definition) is 5. The molecule has 122 valence electrons. The zero-order valence-corrected chi connectivity index (χ0v) is 12.2. The van der Waals surface area contributed by atoms with Gasteiger partial charge in [0.25, 0.3) is 5.91 Å². The summed E-state index contributed by atoms with van der Waals surface area (Å²) in [5, 5.41) is 5.46. The van der Waals surface area contributed by atoms with E-state index < -0.39 is 23.9 Å². The number of aromatic nitrogens is 2. The van der Waals surface area contributed by atoms with Crippen LogP contribution in [0.3, 0.4) is 0 Å². The maximum Gasteiger partial charge on any atom is 0.471 e. The van der Waals surface area contributed by atoms with Crippen molar-refractivity contribution in [3.05, 3.63) is 35.2 Å². The number of hydrogen-bond donors (Lipinski definition) is 1. The highest BCUT2D eigenvalue weighted by atomic mass is 19.4. The van der Waals surface area contributed by atoms with E-state index in [9.17, 15) is 22.8 Å². The number of amides is 2. The van der Waals surface area contributed by atoms with E-state index in [0.29, 0.717) is 5.56 Å². The van der Waals surface area contributed by atoms with E-state index >= 15 is 0 Å². The first kappa shape index (κ1) is 16.7. The second-order valence-corrected chi connectivity index (χ2v) is 4.68. The lowest BCUT2D eigenvalue weighted by atomic mass is 10.0. The minimum atomic E-state index is -4.72. The number of carbonyl (C=O) groups is 2. The molecule has 0 bridgehead atoms. The van der Waals surface area contributed by atoms with Crippen LogP contribution in [-0.4, -0.2) is 22.0 Å². The van der Waals surface area contributed by atoms with Crippen molar-refractivity contribution in [1.82, 2.24) is 15.5 Å². The summed E-state index contributed by atoms with van der Waals surface area (Å²) < 4.78 is 41.5. The highest BCUT2D eigenvalue weighted by Crippen LogP contribution is 2.29. The van der Waals surface area contributed by atoms with Gasteiger partial charge in [0.05, 0.1) is 0 Å². The van der Waals surface area contributed by atoms with Crippen molar-refractivity contribution >= 4 is 11.8 Å². The van der Waals surface area contributed by atoms with Crippen LogP contribution in [0.2, 0.25) is 0 Å². The number of rotatable bonds is 3. The van der Waals surface area contributed by atoms with E-state index in [-0.39, 0.29) is 23.4 Å². The van der Waals surface area contributed by atoms with Crippen molar-refractivity contribution < 1.29 is 27.3 Å². The van der Waals surface area contributed by atoms with Gasteiger partial charge in [0.1, 0.15) is 0 Å². The highest BCUT2D eigenvalue weighted by Gasteiger charge is 2.38. The van der Waals surface area contributed by atoms with E-state index in [1.54, 1.807) is 13.8 Å². The molecule has 6 nitrogen and oxygen atoms in total. The van der Waals surface area contributed by atoms with Crippen LogP contribution >= 0.6 is 0 Å². The Morgan fingerprint density at radius 1 is 1.30 bits per heavy atom. The molecule has 0 radical (unpaired) electrons. The van der Waals surface area contributed by atoms with Gasteiger partial charge >= 0.3 is 12.1 Å². The summed E-state index contributed by atoms with van der Waals surface area (Å²) in [7, 11) is 0. The zero-order chi connectivity index (χ0) is 17.2. The molecule has 0 atom stereocenters. The van der Waals surface area contributed by atoms with E-state index in [2.05, 4.69) is 20.0 Å². The first-order valence-electron chi connectivity index (χ1n) is 6.58. The molecule has 0 aliphatic rings. The molecule has 0 unspecified atom stereocenters. The van der Waals surface area contributed by atoms with Crippen LogP contribution in [0.1, 0.15) is 35.2 Å². The van der Waals surface area contributed by atoms with Gasteiger partial charge in [-0.05, 0) is 24.6 Å². The van der Waals surface area contributed by atoms with Crippen molar-refractivity contribution in [2.75, 3.05) is 0 Å². The van der Waals surface area contributed by atoms with Crippen LogP contribution in [0.25, 0.3) is 11.4 Å². The van der Waals surface area contributed by atoms with Crippen molar-refractivity contribution in [2.24, 2.45) is 0 Å². The molecule has 1 aromatic carbocycles. The summed E-state index contributed by atoms with van der Waals surface area (Å²) in [5.74, 6) is -2.69. The number of halogens is 3. The number of nitrogens with one attached hydrogen (secondary N) is 1. The normalized spacial score (nSPS) is 11.3. The Bertz CT molecular complexity index is 753. The fourth-order valence-electron chi connectivity index (χ4n) is 1.80. The first-order chi connectivity index (χ1) is 10.7. The fourth-order valence-corrected chi connectivity index (χ4v) is 1.80. The van der Waals surface area contributed by atoms with Gasteiger partial charge in [-0.3, -0.25) is 14.9 Å². The first-order valence-corrected chi connectivity index (χ1v) is 6.58. The summed E-state index contributed by atoms with van der Waals surface area (Å²) in [6.45, 7) is 3.19. The SMILES string of the molecule is CCC(=O)NC(=O)c1ccc(-c2noc(C(F)(F)F)n2)cc1C. The van der Waals surface area contributed by atoms with Crippen molar-refractivity contribution in [1.29, 1.82) is 0 Å². The van der Waals surface area contributed by atoms with E-state index in [0.717, 1.165) is 0 Å². The van der Waals surface area contributed by atoms with Crippen LogP contribution in [0.5, 0.6) is 0 Å². The Morgan fingerprint density at radius 3 is 2.52 bits per heavy atom. The number of benzene rings is 1. The molecule has 1 heterocycles. The van der Waals surface area contributed by atoms with Gasteiger partial charge in [-0.2, -0.15) is 18.2 Å². The Labute approximate surface area is 128 Å². The Morgan fingerprint density at radius 2 is 2.00 bits per heavy atom. The molecule has 9 heteroatoms. The van der Waals surface area contributed by atoms with Gasteiger partial charge in [-0.25, -0.2) is 0 Å². The molecule has 2 amide bonds. The predicted molar refractivity (Wildman–Crippen MR) is 72.2 cm³/mol. The van der Waals surface area contributed by atoms with Gasteiger partial charge in [0.15, 0.2) is 0 Å². The second-order valence-electron chi connectivity index (χ2n) is 4.68. The van der Waals surface area contributed by atoms with E-state index in [4.69, 9.17) is 0 Å². The molecule has 0 saturated heterocycles. The molecular formula is C14H12F3N3O3. The molecule has 1 aromatic heterocycles. The van der Waals surface area contributed by atoms with E-state index in [1.165, 1.54) is 18.2 Å². The molecule has 0 aliphatic heterocycles. The molecule has 0 spiro atoms. The molecule has 23 heavy (non-hydrogen) atoms. The number of alkyl halides is 3. The lowest BCUT2D eigenvalue weighted by Gasteiger charge is -2.07. The average Bonchev–Trinajstić information content (AvgIpc) is 2.96. The molecule has 0 aliphatic carbocycles. The number of imide groups is 1. The molecule has 1 N–H and O–H groups in total. The molecular weight excluding hydrogens is 315 g/mol.